The van der Waals surface area contributed by atoms with Gasteiger partial charge in [-0.3, -0.25) is 0 Å². The number of halogens is 2. The minimum atomic E-state index is -3.22. The standard InChI is InChI=1S/C11H10Br2N2O2S/c1-18(16,17)9-6-14-15(7-9)11-3-2-8(5-12)4-10(11)13/h2-4,6-7H,5H2,1H3. The molecule has 2 rings (SSSR count). The first-order valence-corrected chi connectivity index (χ1v) is 8.82. The summed E-state index contributed by atoms with van der Waals surface area (Å²) in [4.78, 5) is 0.207. The molecule has 1 aromatic carbocycles. The fourth-order valence-electron chi connectivity index (χ4n) is 1.45. The van der Waals surface area contributed by atoms with Crippen molar-refractivity contribution >= 4 is 41.7 Å². The largest absolute Gasteiger partial charge is 0.238 e. The number of rotatable bonds is 3. The molecule has 1 aromatic heterocycles. The summed E-state index contributed by atoms with van der Waals surface area (Å²) >= 11 is 6.83. The summed E-state index contributed by atoms with van der Waals surface area (Å²) in [7, 11) is -3.22. The van der Waals surface area contributed by atoms with Crippen LogP contribution in [-0.4, -0.2) is 24.5 Å². The van der Waals surface area contributed by atoms with Crippen molar-refractivity contribution in [2.75, 3.05) is 6.26 Å². The Morgan fingerprint density at radius 3 is 2.61 bits per heavy atom. The van der Waals surface area contributed by atoms with Crippen LogP contribution in [0.25, 0.3) is 5.69 Å². The first kappa shape index (κ1) is 13.8. The summed E-state index contributed by atoms with van der Waals surface area (Å²) in [5, 5.41) is 4.83. The second-order valence-electron chi connectivity index (χ2n) is 3.81. The Bertz CT molecular complexity index is 680. The van der Waals surface area contributed by atoms with Gasteiger partial charge in [0.15, 0.2) is 9.84 Å². The van der Waals surface area contributed by atoms with Gasteiger partial charge in [0, 0.05) is 22.3 Å². The highest BCUT2D eigenvalue weighted by Gasteiger charge is 2.12. The Hall–Kier alpha value is -0.660. The molecule has 4 nitrogen and oxygen atoms in total. The first-order valence-electron chi connectivity index (χ1n) is 5.01. The zero-order valence-electron chi connectivity index (χ0n) is 9.47. The van der Waals surface area contributed by atoms with Crippen LogP contribution in [0.4, 0.5) is 0 Å². The summed E-state index contributed by atoms with van der Waals surface area (Å²) in [6, 6.07) is 5.81. The molecule has 18 heavy (non-hydrogen) atoms. The minimum absolute atomic E-state index is 0.207. The monoisotopic (exact) mass is 392 g/mol. The number of hydrogen-bond acceptors (Lipinski definition) is 3. The van der Waals surface area contributed by atoms with Crippen molar-refractivity contribution in [3.05, 3.63) is 40.6 Å². The third kappa shape index (κ3) is 2.84. The van der Waals surface area contributed by atoms with Crippen LogP contribution in [0.15, 0.2) is 40.0 Å². The maximum Gasteiger partial charge on any atom is 0.178 e. The Morgan fingerprint density at radius 2 is 2.11 bits per heavy atom. The lowest BCUT2D eigenvalue weighted by atomic mass is 10.2. The molecular weight excluding hydrogens is 384 g/mol. The number of sulfone groups is 1. The van der Waals surface area contributed by atoms with Crippen LogP contribution in [0.1, 0.15) is 5.56 Å². The van der Waals surface area contributed by atoms with Gasteiger partial charge in [0.1, 0.15) is 4.90 Å². The van der Waals surface area contributed by atoms with Crippen LogP contribution < -0.4 is 0 Å². The molecule has 1 heterocycles. The average Bonchev–Trinajstić information content (AvgIpc) is 2.77. The Balaban J connectivity index is 2.47. The van der Waals surface area contributed by atoms with E-state index in [0.717, 1.165) is 27.3 Å². The van der Waals surface area contributed by atoms with E-state index in [-0.39, 0.29) is 4.90 Å². The van der Waals surface area contributed by atoms with Crippen LogP contribution in [0.3, 0.4) is 0 Å². The van der Waals surface area contributed by atoms with Crippen LogP contribution in [0.2, 0.25) is 0 Å². The van der Waals surface area contributed by atoms with Gasteiger partial charge in [-0.05, 0) is 33.6 Å². The molecule has 0 aliphatic carbocycles. The van der Waals surface area contributed by atoms with Crippen molar-refractivity contribution in [1.29, 1.82) is 0 Å². The summed E-state index contributed by atoms with van der Waals surface area (Å²) in [5.41, 5.74) is 1.93. The van der Waals surface area contributed by atoms with Crippen molar-refractivity contribution < 1.29 is 8.42 Å². The molecular formula is C11H10Br2N2O2S. The van der Waals surface area contributed by atoms with Crippen LogP contribution in [0, 0.1) is 0 Å². The van der Waals surface area contributed by atoms with Gasteiger partial charge in [-0.2, -0.15) is 5.10 Å². The summed E-state index contributed by atoms with van der Waals surface area (Å²) < 4.78 is 25.2. The smallest absolute Gasteiger partial charge is 0.178 e. The Labute approximate surface area is 122 Å². The van der Waals surface area contributed by atoms with Gasteiger partial charge in [-0.25, -0.2) is 13.1 Å². The predicted molar refractivity (Wildman–Crippen MR) is 77.0 cm³/mol. The van der Waals surface area contributed by atoms with Gasteiger partial charge >= 0.3 is 0 Å². The zero-order valence-corrected chi connectivity index (χ0v) is 13.5. The molecule has 0 saturated heterocycles. The highest BCUT2D eigenvalue weighted by Crippen LogP contribution is 2.24. The molecule has 0 aliphatic rings. The highest BCUT2D eigenvalue weighted by molar-refractivity contribution is 9.10. The molecule has 0 N–H and O–H groups in total. The first-order chi connectivity index (χ1) is 8.41. The summed E-state index contributed by atoms with van der Waals surface area (Å²) in [5.74, 6) is 0. The number of hydrogen-bond donors (Lipinski definition) is 0. The quantitative estimate of drug-likeness (QED) is 0.753. The number of alkyl halides is 1. The van der Waals surface area contributed by atoms with E-state index >= 15 is 0 Å². The SMILES string of the molecule is CS(=O)(=O)c1cnn(-c2ccc(CBr)cc2Br)c1. The Kier molecular flexibility index (Phi) is 3.93. The molecule has 0 amide bonds. The van der Waals surface area contributed by atoms with E-state index in [9.17, 15) is 8.42 Å². The van der Waals surface area contributed by atoms with Crippen molar-refractivity contribution in [2.24, 2.45) is 0 Å². The second kappa shape index (κ2) is 5.14. The third-order valence-corrected chi connectivity index (χ3v) is 4.75. The van der Waals surface area contributed by atoms with Gasteiger partial charge in [0.05, 0.1) is 11.9 Å². The van der Waals surface area contributed by atoms with Gasteiger partial charge in [-0.1, -0.05) is 22.0 Å². The van der Waals surface area contributed by atoms with Crippen molar-refractivity contribution in [3.63, 3.8) is 0 Å². The topological polar surface area (TPSA) is 52.0 Å². The molecule has 0 aliphatic heterocycles. The average molecular weight is 394 g/mol. The molecule has 0 atom stereocenters. The molecule has 0 unspecified atom stereocenters. The lowest BCUT2D eigenvalue weighted by Crippen LogP contribution is -1.97. The normalized spacial score (nSPS) is 11.7. The van der Waals surface area contributed by atoms with Crippen molar-refractivity contribution in [2.45, 2.75) is 10.2 Å². The highest BCUT2D eigenvalue weighted by atomic mass is 79.9. The van der Waals surface area contributed by atoms with E-state index in [1.54, 1.807) is 4.68 Å². The molecule has 7 heteroatoms. The molecule has 96 valence electrons. The second-order valence-corrected chi connectivity index (χ2v) is 7.24. The van der Waals surface area contributed by atoms with E-state index in [2.05, 4.69) is 37.0 Å². The molecule has 0 spiro atoms. The van der Waals surface area contributed by atoms with E-state index < -0.39 is 9.84 Å². The maximum atomic E-state index is 11.4. The van der Waals surface area contributed by atoms with Gasteiger partial charge in [0.2, 0.25) is 0 Å². The van der Waals surface area contributed by atoms with Gasteiger partial charge in [-0.15, -0.1) is 0 Å². The van der Waals surface area contributed by atoms with Crippen LogP contribution in [-0.2, 0) is 15.2 Å². The third-order valence-electron chi connectivity index (χ3n) is 2.40. The fraction of sp³-hybridized carbons (Fsp3) is 0.182. The molecule has 0 bridgehead atoms. The van der Waals surface area contributed by atoms with Gasteiger partial charge < -0.3 is 0 Å². The summed E-state index contributed by atoms with van der Waals surface area (Å²) in [6.07, 6.45) is 4.01. The fourth-order valence-corrected chi connectivity index (χ4v) is 2.94. The molecule has 2 aromatic rings. The number of benzene rings is 1. The molecule has 0 fully saturated rings. The van der Waals surface area contributed by atoms with Gasteiger partial charge in [0.25, 0.3) is 0 Å². The molecule has 0 radical (unpaired) electrons. The minimum Gasteiger partial charge on any atom is -0.238 e. The van der Waals surface area contributed by atoms with E-state index in [4.69, 9.17) is 0 Å². The number of nitrogens with zero attached hydrogens (tertiary/aromatic N) is 2. The Morgan fingerprint density at radius 1 is 1.39 bits per heavy atom. The summed E-state index contributed by atoms with van der Waals surface area (Å²) in [6.45, 7) is 0. The number of aromatic nitrogens is 2. The van der Waals surface area contributed by atoms with Crippen molar-refractivity contribution in [1.82, 2.24) is 9.78 Å². The predicted octanol–water partition coefficient (Wildman–Crippen LogP) is 2.93. The maximum absolute atomic E-state index is 11.4. The van der Waals surface area contributed by atoms with E-state index in [1.165, 1.54) is 12.4 Å². The van der Waals surface area contributed by atoms with Crippen molar-refractivity contribution in [3.8, 4) is 5.69 Å². The van der Waals surface area contributed by atoms with E-state index in [1.807, 2.05) is 18.2 Å². The van der Waals surface area contributed by atoms with Crippen LogP contribution in [0.5, 0.6) is 0 Å². The van der Waals surface area contributed by atoms with E-state index in [0.29, 0.717) is 0 Å². The zero-order chi connectivity index (χ0) is 13.3. The lowest BCUT2D eigenvalue weighted by molar-refractivity contribution is 0.602. The lowest BCUT2D eigenvalue weighted by Gasteiger charge is -2.05. The molecule has 0 saturated carbocycles. The van der Waals surface area contributed by atoms with Crippen LogP contribution >= 0.6 is 31.9 Å².